The van der Waals surface area contributed by atoms with Crippen LogP contribution in [0.5, 0.6) is 0 Å². The van der Waals surface area contributed by atoms with E-state index in [1.54, 1.807) is 10.6 Å². The van der Waals surface area contributed by atoms with Crippen molar-refractivity contribution in [1.29, 1.82) is 0 Å². The minimum atomic E-state index is -0.0716. The Morgan fingerprint density at radius 3 is 2.61 bits per heavy atom. The van der Waals surface area contributed by atoms with Crippen LogP contribution in [0.3, 0.4) is 0 Å². The van der Waals surface area contributed by atoms with E-state index >= 15 is 0 Å². The van der Waals surface area contributed by atoms with Gasteiger partial charge in [0, 0.05) is 34.9 Å². The smallest absolute Gasteiger partial charge is 0.255 e. The number of rotatable bonds is 5. The molecule has 1 atom stereocenters. The zero-order chi connectivity index (χ0) is 21.4. The fourth-order valence-electron chi connectivity index (χ4n) is 4.30. The average molecular weight is 451 g/mol. The second-order valence-electron chi connectivity index (χ2n) is 8.01. The summed E-state index contributed by atoms with van der Waals surface area (Å²) in [7, 11) is 2.68. The topological polar surface area (TPSA) is 43.1 Å². The fourth-order valence-corrected chi connectivity index (χ4v) is 5.03. The van der Waals surface area contributed by atoms with E-state index < -0.39 is 0 Å². The zero-order valence-electron chi connectivity index (χ0n) is 17.2. The molecule has 1 aliphatic heterocycles. The second-order valence-corrected chi connectivity index (χ2v) is 9.07. The van der Waals surface area contributed by atoms with Gasteiger partial charge >= 0.3 is 0 Å². The van der Waals surface area contributed by atoms with Crippen molar-refractivity contribution in [2.75, 3.05) is 19.6 Å². The molecule has 0 amide bonds. The van der Waals surface area contributed by atoms with Gasteiger partial charge in [0.15, 0.2) is 0 Å². The number of benzene rings is 2. The molecule has 0 bridgehead atoms. The molecule has 5 nitrogen and oxygen atoms in total. The molecule has 1 saturated heterocycles. The van der Waals surface area contributed by atoms with Crippen molar-refractivity contribution in [1.82, 2.24) is 19.2 Å². The Balaban J connectivity index is 1.42. The molecule has 2 aromatic carbocycles. The van der Waals surface area contributed by atoms with Crippen molar-refractivity contribution in [3.63, 3.8) is 0 Å². The predicted molar refractivity (Wildman–Crippen MR) is 131 cm³/mol. The van der Waals surface area contributed by atoms with Gasteiger partial charge in [-0.1, -0.05) is 17.7 Å². The first-order chi connectivity index (χ1) is 15.1. The van der Waals surface area contributed by atoms with E-state index in [1.807, 2.05) is 48.8 Å². The summed E-state index contributed by atoms with van der Waals surface area (Å²) in [5.74, 6) is 0. The van der Waals surface area contributed by atoms with Gasteiger partial charge in [-0.2, -0.15) is 5.10 Å². The minimum Gasteiger partial charge on any atom is -0.301 e. The van der Waals surface area contributed by atoms with Gasteiger partial charge in [0.05, 0.1) is 18.3 Å². The van der Waals surface area contributed by atoms with Crippen LogP contribution in [0, 0.1) is 0 Å². The Morgan fingerprint density at radius 2 is 1.84 bits per heavy atom. The molecule has 0 aliphatic carbocycles. The zero-order valence-corrected chi connectivity index (χ0v) is 19.1. The van der Waals surface area contributed by atoms with E-state index in [4.69, 9.17) is 11.6 Å². The van der Waals surface area contributed by atoms with Crippen LogP contribution in [0.25, 0.3) is 27.7 Å². The summed E-state index contributed by atoms with van der Waals surface area (Å²) in [5, 5.41) is 7.26. The highest BCUT2D eigenvalue weighted by Gasteiger charge is 2.13. The van der Waals surface area contributed by atoms with Crippen molar-refractivity contribution in [2.24, 2.45) is 0 Å². The first-order valence-corrected chi connectivity index (χ1v) is 11.5. The molecule has 2 aromatic heterocycles. The van der Waals surface area contributed by atoms with Crippen LogP contribution in [-0.2, 0) is 6.54 Å². The van der Waals surface area contributed by atoms with Crippen LogP contribution in [0.1, 0.15) is 12.8 Å². The number of halogens is 1. The molecule has 0 spiro atoms. The Bertz CT molecular complexity index is 1310. The molecule has 3 heterocycles. The molecule has 5 rings (SSSR count). The molecule has 1 fully saturated rings. The Hall–Kier alpha value is -2.46. The maximum absolute atomic E-state index is 12.9. The van der Waals surface area contributed by atoms with Gasteiger partial charge in [0.1, 0.15) is 0 Å². The average Bonchev–Trinajstić information content (AvgIpc) is 3.41. The molecule has 31 heavy (non-hydrogen) atoms. The number of hydrogen-bond acceptors (Lipinski definition) is 3. The van der Waals surface area contributed by atoms with Crippen LogP contribution >= 0.6 is 20.8 Å². The summed E-state index contributed by atoms with van der Waals surface area (Å²) >= 11 is 6.05. The minimum absolute atomic E-state index is 0.0716. The lowest BCUT2D eigenvalue weighted by molar-refractivity contribution is 0.318. The number of pyridine rings is 1. The third-order valence-corrected chi connectivity index (χ3v) is 6.69. The fraction of sp³-hybridized carbons (Fsp3) is 0.250. The van der Waals surface area contributed by atoms with Gasteiger partial charge in [0.2, 0.25) is 0 Å². The Kier molecular flexibility index (Phi) is 5.66. The van der Waals surface area contributed by atoms with Crippen molar-refractivity contribution >= 4 is 37.0 Å². The standard InChI is InChI=1S/C24H24ClN4OP/c25-19-3-5-21(23(31)15-19)17-7-10-28(24(30)14-17)20-4-6-22-18(13-20)16-26-29(22)12-11-27-8-1-2-9-27/h3-7,10,13-16H,1-2,8-9,11-12,31H2. The van der Waals surface area contributed by atoms with E-state index in [0.29, 0.717) is 5.02 Å². The van der Waals surface area contributed by atoms with Gasteiger partial charge in [-0.25, -0.2) is 0 Å². The van der Waals surface area contributed by atoms with Gasteiger partial charge in [-0.3, -0.25) is 14.0 Å². The molecule has 0 saturated carbocycles. The molecule has 0 N–H and O–H groups in total. The number of likely N-dealkylation sites (tertiary alicyclic amines) is 1. The summed E-state index contributed by atoms with van der Waals surface area (Å²) in [4.78, 5) is 15.4. The molecule has 0 radical (unpaired) electrons. The summed E-state index contributed by atoms with van der Waals surface area (Å²) in [6.45, 7) is 4.30. The number of fused-ring (bicyclic) bond motifs is 1. The van der Waals surface area contributed by atoms with Crippen LogP contribution in [0.15, 0.2) is 65.7 Å². The molecule has 7 heteroatoms. The van der Waals surface area contributed by atoms with Crippen molar-refractivity contribution in [3.05, 3.63) is 76.3 Å². The van der Waals surface area contributed by atoms with Gasteiger partial charge in [0.25, 0.3) is 5.56 Å². The van der Waals surface area contributed by atoms with E-state index in [2.05, 4.69) is 30.0 Å². The highest BCUT2D eigenvalue weighted by Crippen LogP contribution is 2.22. The molecule has 1 aliphatic rings. The van der Waals surface area contributed by atoms with Crippen LogP contribution in [0.4, 0.5) is 0 Å². The van der Waals surface area contributed by atoms with Crippen molar-refractivity contribution < 1.29 is 0 Å². The number of nitrogens with zero attached hydrogens (tertiary/aromatic N) is 4. The van der Waals surface area contributed by atoms with Gasteiger partial charge in [-0.15, -0.1) is 9.24 Å². The third kappa shape index (κ3) is 4.18. The highest BCUT2D eigenvalue weighted by molar-refractivity contribution is 7.28. The lowest BCUT2D eigenvalue weighted by Gasteiger charge is -2.14. The molecular formula is C24H24ClN4OP. The van der Waals surface area contributed by atoms with Gasteiger partial charge < -0.3 is 4.90 Å². The summed E-state index contributed by atoms with van der Waals surface area (Å²) < 4.78 is 3.73. The summed E-state index contributed by atoms with van der Waals surface area (Å²) in [6, 6.07) is 15.4. The van der Waals surface area contributed by atoms with Crippen LogP contribution < -0.4 is 10.9 Å². The van der Waals surface area contributed by atoms with Gasteiger partial charge in [-0.05, 0) is 78.8 Å². The predicted octanol–water partition coefficient (Wildman–Crippen LogP) is 4.10. The molecule has 158 valence electrons. The monoisotopic (exact) mass is 450 g/mol. The van der Waals surface area contributed by atoms with E-state index in [-0.39, 0.29) is 5.56 Å². The Morgan fingerprint density at radius 1 is 1.00 bits per heavy atom. The van der Waals surface area contributed by atoms with E-state index in [1.165, 1.54) is 25.9 Å². The van der Waals surface area contributed by atoms with E-state index in [9.17, 15) is 4.79 Å². The highest BCUT2D eigenvalue weighted by atomic mass is 35.5. The Labute approximate surface area is 188 Å². The second kappa shape index (κ2) is 8.58. The van der Waals surface area contributed by atoms with E-state index in [0.717, 1.165) is 46.1 Å². The first-order valence-electron chi connectivity index (χ1n) is 10.5. The molecular weight excluding hydrogens is 427 g/mol. The molecule has 4 aromatic rings. The normalized spacial score (nSPS) is 14.5. The maximum Gasteiger partial charge on any atom is 0.255 e. The maximum atomic E-state index is 12.9. The van der Waals surface area contributed by atoms with Crippen LogP contribution in [0.2, 0.25) is 5.02 Å². The van der Waals surface area contributed by atoms with Crippen molar-refractivity contribution in [2.45, 2.75) is 19.4 Å². The summed E-state index contributed by atoms with van der Waals surface area (Å²) in [5.41, 5.74) is 3.72. The lowest BCUT2D eigenvalue weighted by atomic mass is 10.1. The first kappa shape index (κ1) is 20.4. The van der Waals surface area contributed by atoms with Crippen molar-refractivity contribution in [3.8, 4) is 16.8 Å². The molecule has 1 unspecified atom stereocenters. The number of hydrogen-bond donors (Lipinski definition) is 0. The lowest BCUT2D eigenvalue weighted by Crippen LogP contribution is -2.24. The third-order valence-electron chi connectivity index (χ3n) is 5.97. The quantitative estimate of drug-likeness (QED) is 0.430. The summed E-state index contributed by atoms with van der Waals surface area (Å²) in [6.07, 6.45) is 6.31. The SMILES string of the molecule is O=c1cc(-c2ccc(Cl)cc2P)ccn1-c1ccc2c(cnn2CCN2CCCC2)c1. The number of aromatic nitrogens is 3. The van der Waals surface area contributed by atoms with Crippen LogP contribution in [-0.4, -0.2) is 38.9 Å². The largest absolute Gasteiger partial charge is 0.301 e.